The second kappa shape index (κ2) is 7.65. The molecule has 2 aliphatic heterocycles. The highest BCUT2D eigenvalue weighted by molar-refractivity contribution is 6.30. The van der Waals surface area contributed by atoms with Crippen molar-refractivity contribution in [3.8, 4) is 0 Å². The molecule has 3 aliphatic rings. The van der Waals surface area contributed by atoms with E-state index in [0.29, 0.717) is 11.4 Å². The van der Waals surface area contributed by atoms with E-state index < -0.39 is 0 Å². The van der Waals surface area contributed by atoms with E-state index in [1.165, 1.54) is 10.5 Å². The molecule has 30 heavy (non-hydrogen) atoms. The number of hydrazine groups is 1. The number of fused-ring (bicyclic) bond motifs is 2. The van der Waals surface area contributed by atoms with Crippen molar-refractivity contribution in [3.05, 3.63) is 64.4 Å². The number of nitrogens with zero attached hydrogens (tertiary/aromatic N) is 2. The van der Waals surface area contributed by atoms with Crippen molar-refractivity contribution in [1.82, 2.24) is 26.1 Å². The van der Waals surface area contributed by atoms with Crippen LogP contribution in [0.4, 0.5) is 4.79 Å². The Hall–Kier alpha value is -2.48. The second-order valence-electron chi connectivity index (χ2n) is 8.46. The third-order valence-corrected chi connectivity index (χ3v) is 6.77. The summed E-state index contributed by atoms with van der Waals surface area (Å²) in [5.74, 6) is -0.0611. The molecule has 5 rings (SSSR count). The average molecular weight is 426 g/mol. The number of nitrogens with one attached hydrogen (secondary N) is 3. The summed E-state index contributed by atoms with van der Waals surface area (Å²) in [5, 5.41) is 3.66. The maximum absolute atomic E-state index is 13.3. The maximum atomic E-state index is 13.3. The highest BCUT2D eigenvalue weighted by Crippen LogP contribution is 2.42. The van der Waals surface area contributed by atoms with Crippen LogP contribution >= 0.6 is 11.6 Å². The summed E-state index contributed by atoms with van der Waals surface area (Å²) >= 11 is 6.07. The van der Waals surface area contributed by atoms with Gasteiger partial charge in [-0.2, -0.15) is 0 Å². The monoisotopic (exact) mass is 425 g/mol. The van der Waals surface area contributed by atoms with Gasteiger partial charge in [0.2, 0.25) is 5.91 Å². The lowest BCUT2D eigenvalue weighted by atomic mass is 9.71. The molecule has 0 bridgehead atoms. The molecule has 2 saturated heterocycles. The zero-order valence-corrected chi connectivity index (χ0v) is 17.4. The van der Waals surface area contributed by atoms with E-state index in [1.54, 1.807) is 12.1 Å². The van der Waals surface area contributed by atoms with Crippen LogP contribution in [0.5, 0.6) is 0 Å². The minimum atomic E-state index is -0.327. The van der Waals surface area contributed by atoms with Gasteiger partial charge >= 0.3 is 6.03 Å². The summed E-state index contributed by atoms with van der Waals surface area (Å²) in [5.41, 5.74) is 9.77. The maximum Gasteiger partial charge on any atom is 0.324 e. The summed E-state index contributed by atoms with van der Waals surface area (Å²) < 4.78 is 0. The van der Waals surface area contributed by atoms with Gasteiger partial charge < -0.3 is 5.32 Å². The molecule has 3 fully saturated rings. The van der Waals surface area contributed by atoms with Gasteiger partial charge in [-0.05, 0) is 61.1 Å². The van der Waals surface area contributed by atoms with Gasteiger partial charge in [0.05, 0.1) is 18.5 Å². The van der Waals surface area contributed by atoms with Crippen molar-refractivity contribution in [3.63, 3.8) is 0 Å². The van der Waals surface area contributed by atoms with Crippen molar-refractivity contribution in [1.29, 1.82) is 0 Å². The Morgan fingerprint density at radius 1 is 1.13 bits per heavy atom. The van der Waals surface area contributed by atoms with Crippen LogP contribution in [-0.4, -0.2) is 33.9 Å². The third-order valence-electron chi connectivity index (χ3n) is 6.54. The minimum absolute atomic E-state index is 0.0984. The first kappa shape index (κ1) is 19.5. The number of aryl methyl sites for hydroxylation is 1. The Kier molecular flexibility index (Phi) is 4.97. The molecule has 7 nitrogen and oxygen atoms in total. The van der Waals surface area contributed by atoms with Gasteiger partial charge in [-0.25, -0.2) is 10.2 Å². The second-order valence-corrected chi connectivity index (χ2v) is 8.89. The fourth-order valence-corrected chi connectivity index (χ4v) is 5.31. The molecular weight excluding hydrogens is 402 g/mol. The third kappa shape index (κ3) is 3.47. The molecule has 3 heterocycles. The number of rotatable bonds is 3. The molecular formula is C22H24ClN5O2. The Bertz CT molecular complexity index is 999. The fourth-order valence-electron chi connectivity index (χ4n) is 5.10. The van der Waals surface area contributed by atoms with Crippen LogP contribution in [0, 0.1) is 18.8 Å². The molecule has 2 aromatic rings. The highest BCUT2D eigenvalue weighted by Gasteiger charge is 2.51. The zero-order valence-electron chi connectivity index (χ0n) is 16.6. The average Bonchev–Trinajstić information content (AvgIpc) is 3.13. The van der Waals surface area contributed by atoms with E-state index in [2.05, 4.69) is 27.2 Å². The molecule has 0 radical (unpaired) electrons. The number of halogens is 1. The molecule has 1 aromatic carbocycles. The van der Waals surface area contributed by atoms with E-state index in [1.807, 2.05) is 31.3 Å². The number of hydrogen-bond donors (Lipinski definition) is 3. The first-order valence-electron chi connectivity index (χ1n) is 10.3. The van der Waals surface area contributed by atoms with Crippen molar-refractivity contribution in [2.75, 3.05) is 0 Å². The smallest absolute Gasteiger partial charge is 0.324 e. The van der Waals surface area contributed by atoms with Crippen molar-refractivity contribution in [2.45, 2.75) is 44.4 Å². The molecule has 1 aromatic heterocycles. The first-order chi connectivity index (χ1) is 14.5. The summed E-state index contributed by atoms with van der Waals surface area (Å²) in [6.07, 6.45) is 3.27. The normalized spacial score (nSPS) is 30.6. The lowest BCUT2D eigenvalue weighted by molar-refractivity contribution is -0.138. The van der Waals surface area contributed by atoms with Crippen molar-refractivity contribution in [2.24, 2.45) is 11.8 Å². The fraction of sp³-hybridized carbons (Fsp3) is 0.409. The van der Waals surface area contributed by atoms with Gasteiger partial charge in [0, 0.05) is 29.0 Å². The van der Waals surface area contributed by atoms with Crippen LogP contribution in [-0.2, 0) is 11.3 Å². The molecule has 0 spiro atoms. The minimum Gasteiger partial charge on any atom is -0.334 e. The summed E-state index contributed by atoms with van der Waals surface area (Å²) in [6, 6.07) is 11.2. The number of amides is 3. The van der Waals surface area contributed by atoms with E-state index in [-0.39, 0.29) is 48.4 Å². The standard InChI is InChI=1S/C22H24ClN5O2/c1-12-7-14(5-6-24-12)20-16-9-17-18(10-19(16)26-27-20)25-22(30)28(21(17)29)11-13-3-2-4-15(23)8-13/h2-8,16-20,26-27H,9-11H2,1H3,(H,25,30). The Morgan fingerprint density at radius 3 is 2.80 bits per heavy atom. The number of pyridine rings is 1. The van der Waals surface area contributed by atoms with E-state index in [4.69, 9.17) is 11.6 Å². The number of carbonyl (C=O) groups is 2. The lowest BCUT2D eigenvalue weighted by Crippen LogP contribution is -2.63. The Balaban J connectivity index is 1.36. The van der Waals surface area contributed by atoms with Gasteiger partial charge in [0.25, 0.3) is 0 Å². The molecule has 3 N–H and O–H groups in total. The van der Waals surface area contributed by atoms with Gasteiger partial charge in [0.1, 0.15) is 0 Å². The van der Waals surface area contributed by atoms with Crippen LogP contribution in [0.1, 0.15) is 35.7 Å². The lowest BCUT2D eigenvalue weighted by Gasteiger charge is -2.44. The topological polar surface area (TPSA) is 86.4 Å². The molecule has 5 atom stereocenters. The van der Waals surface area contributed by atoms with E-state index in [9.17, 15) is 9.59 Å². The number of benzene rings is 1. The van der Waals surface area contributed by atoms with Crippen LogP contribution in [0.2, 0.25) is 5.02 Å². The quantitative estimate of drug-likeness (QED) is 0.704. The largest absolute Gasteiger partial charge is 0.334 e. The van der Waals surface area contributed by atoms with Crippen LogP contribution in [0.3, 0.4) is 0 Å². The molecule has 1 aliphatic carbocycles. The van der Waals surface area contributed by atoms with Gasteiger partial charge in [-0.3, -0.25) is 20.1 Å². The Labute approximate surface area is 180 Å². The molecule has 8 heteroatoms. The predicted octanol–water partition coefficient (Wildman–Crippen LogP) is 2.71. The number of carbonyl (C=O) groups excluding carboxylic acids is 2. The molecule has 156 valence electrons. The SMILES string of the molecule is Cc1cc(C2NNC3CC4NC(=O)N(Cc5cccc(Cl)c5)C(=O)C4CC32)ccn1. The zero-order chi connectivity index (χ0) is 20.8. The number of aromatic nitrogens is 1. The number of imide groups is 1. The summed E-state index contributed by atoms with van der Waals surface area (Å²) in [4.78, 5) is 31.6. The van der Waals surface area contributed by atoms with Gasteiger partial charge in [-0.15, -0.1) is 0 Å². The molecule has 5 unspecified atom stereocenters. The van der Waals surface area contributed by atoms with Gasteiger partial charge in [0.15, 0.2) is 0 Å². The van der Waals surface area contributed by atoms with Crippen LogP contribution < -0.4 is 16.2 Å². The highest BCUT2D eigenvalue weighted by atomic mass is 35.5. The Morgan fingerprint density at radius 2 is 2.00 bits per heavy atom. The van der Waals surface area contributed by atoms with Crippen LogP contribution in [0.25, 0.3) is 0 Å². The molecule has 3 amide bonds. The van der Waals surface area contributed by atoms with E-state index >= 15 is 0 Å². The first-order valence-corrected chi connectivity index (χ1v) is 10.7. The number of hydrogen-bond acceptors (Lipinski definition) is 5. The van der Waals surface area contributed by atoms with Crippen LogP contribution in [0.15, 0.2) is 42.6 Å². The number of urea groups is 1. The van der Waals surface area contributed by atoms with Crippen molar-refractivity contribution >= 4 is 23.5 Å². The molecule has 1 saturated carbocycles. The van der Waals surface area contributed by atoms with Gasteiger partial charge in [-0.1, -0.05) is 23.7 Å². The predicted molar refractivity (Wildman–Crippen MR) is 112 cm³/mol. The summed E-state index contributed by atoms with van der Waals surface area (Å²) in [6.45, 7) is 2.21. The van der Waals surface area contributed by atoms with E-state index in [0.717, 1.165) is 17.7 Å². The summed E-state index contributed by atoms with van der Waals surface area (Å²) in [7, 11) is 0. The van der Waals surface area contributed by atoms with Crippen molar-refractivity contribution < 1.29 is 9.59 Å².